The Balaban J connectivity index is 2.32. The number of benzene rings is 1. The number of nitrogens with one attached hydrogen (secondary N) is 2. The van der Waals surface area contributed by atoms with Crippen molar-refractivity contribution in [2.24, 2.45) is 0 Å². The Hall–Kier alpha value is -2.14. The zero-order valence-corrected chi connectivity index (χ0v) is 11.8. The molecular weight excluding hydrogens is 281 g/mol. The highest BCUT2D eigenvalue weighted by Crippen LogP contribution is 2.22. The number of hydrogen-bond acceptors (Lipinski definition) is 3. The van der Waals surface area contributed by atoms with Crippen molar-refractivity contribution in [1.82, 2.24) is 4.98 Å². The van der Waals surface area contributed by atoms with Gasteiger partial charge in [0.05, 0.1) is 11.8 Å². The lowest BCUT2D eigenvalue weighted by atomic mass is 10.1. The van der Waals surface area contributed by atoms with E-state index in [1.165, 1.54) is 0 Å². The number of nitrogens with zero attached hydrogens (tertiary/aromatic N) is 1. The molecule has 0 aliphatic carbocycles. The van der Waals surface area contributed by atoms with Crippen LogP contribution >= 0.6 is 11.6 Å². The smallest absolute Gasteiger partial charge is 0.259 e. The predicted octanol–water partition coefficient (Wildman–Crippen LogP) is 3.48. The normalized spacial score (nSPS) is 10.2. The van der Waals surface area contributed by atoms with Crippen molar-refractivity contribution in [2.45, 2.75) is 6.92 Å². The van der Waals surface area contributed by atoms with E-state index in [1.807, 2.05) is 6.92 Å². The molecule has 2 rings (SSSR count). The number of aromatic nitrogens is 1. The molecule has 0 atom stereocenters. The Bertz CT molecular complexity index is 661. The van der Waals surface area contributed by atoms with E-state index in [4.69, 9.17) is 11.6 Å². The fraction of sp³-hybridized carbons (Fsp3) is 0.143. The Morgan fingerprint density at radius 3 is 2.80 bits per heavy atom. The first-order valence-corrected chi connectivity index (χ1v) is 6.30. The molecule has 1 aromatic carbocycles. The zero-order valence-electron chi connectivity index (χ0n) is 11.0. The van der Waals surface area contributed by atoms with Crippen LogP contribution < -0.4 is 10.6 Å². The van der Waals surface area contributed by atoms with Crippen LogP contribution in [-0.2, 0) is 0 Å². The van der Waals surface area contributed by atoms with Gasteiger partial charge in [-0.3, -0.25) is 4.79 Å². The van der Waals surface area contributed by atoms with E-state index in [9.17, 15) is 9.18 Å². The van der Waals surface area contributed by atoms with E-state index >= 15 is 0 Å². The molecule has 2 aromatic rings. The zero-order chi connectivity index (χ0) is 14.7. The van der Waals surface area contributed by atoms with Crippen LogP contribution in [0.2, 0.25) is 5.02 Å². The molecule has 4 nitrogen and oxygen atoms in total. The van der Waals surface area contributed by atoms with Crippen LogP contribution in [0.25, 0.3) is 0 Å². The molecule has 0 radical (unpaired) electrons. The fourth-order valence-corrected chi connectivity index (χ4v) is 1.90. The van der Waals surface area contributed by atoms with Crippen LogP contribution in [0.4, 0.5) is 15.9 Å². The molecule has 0 aliphatic heterocycles. The minimum absolute atomic E-state index is 0.131. The summed E-state index contributed by atoms with van der Waals surface area (Å²) in [5.41, 5.74) is 1.57. The molecule has 0 spiro atoms. The topological polar surface area (TPSA) is 54.0 Å². The maximum atomic E-state index is 13.2. The van der Waals surface area contributed by atoms with Gasteiger partial charge in [0.2, 0.25) is 0 Å². The lowest BCUT2D eigenvalue weighted by Gasteiger charge is -2.11. The van der Waals surface area contributed by atoms with Gasteiger partial charge in [-0.05, 0) is 30.7 Å². The van der Waals surface area contributed by atoms with Crippen molar-refractivity contribution in [3.05, 3.63) is 52.4 Å². The summed E-state index contributed by atoms with van der Waals surface area (Å²) < 4.78 is 13.2. The Morgan fingerprint density at radius 1 is 1.35 bits per heavy atom. The van der Waals surface area contributed by atoms with Gasteiger partial charge in [-0.1, -0.05) is 17.7 Å². The number of pyridine rings is 1. The van der Waals surface area contributed by atoms with Crippen LogP contribution in [0.3, 0.4) is 0 Å². The van der Waals surface area contributed by atoms with Crippen molar-refractivity contribution < 1.29 is 9.18 Å². The van der Waals surface area contributed by atoms with E-state index in [1.54, 1.807) is 25.2 Å². The second-order valence-corrected chi connectivity index (χ2v) is 4.65. The third-order valence-electron chi connectivity index (χ3n) is 2.78. The summed E-state index contributed by atoms with van der Waals surface area (Å²) in [6, 6.07) is 6.30. The summed E-state index contributed by atoms with van der Waals surface area (Å²) in [7, 11) is 1.61. The maximum absolute atomic E-state index is 13.2. The van der Waals surface area contributed by atoms with Gasteiger partial charge in [-0.2, -0.15) is 0 Å². The standard InChI is InChI=1S/C14H13ClFN3O/c1-8-3-4-9(15)5-12(8)19-14(20)11-6-10(16)7-18-13(11)17-2/h3-7H,1-2H3,(H,17,18)(H,19,20). The summed E-state index contributed by atoms with van der Waals surface area (Å²) >= 11 is 5.89. The molecule has 0 saturated carbocycles. The van der Waals surface area contributed by atoms with E-state index in [0.717, 1.165) is 17.8 Å². The largest absolute Gasteiger partial charge is 0.372 e. The van der Waals surface area contributed by atoms with E-state index in [0.29, 0.717) is 16.5 Å². The summed E-state index contributed by atoms with van der Waals surface area (Å²) in [6.45, 7) is 1.84. The van der Waals surface area contributed by atoms with Gasteiger partial charge in [-0.25, -0.2) is 9.37 Å². The van der Waals surface area contributed by atoms with Crippen LogP contribution in [0, 0.1) is 12.7 Å². The molecule has 0 bridgehead atoms. The highest BCUT2D eigenvalue weighted by atomic mass is 35.5. The molecule has 6 heteroatoms. The molecule has 0 aliphatic rings. The highest BCUT2D eigenvalue weighted by Gasteiger charge is 2.14. The third kappa shape index (κ3) is 3.05. The summed E-state index contributed by atoms with van der Waals surface area (Å²) in [6.07, 6.45) is 1.05. The molecule has 1 amide bonds. The Labute approximate surface area is 121 Å². The van der Waals surface area contributed by atoms with Crippen molar-refractivity contribution in [2.75, 3.05) is 17.7 Å². The van der Waals surface area contributed by atoms with Gasteiger partial charge in [-0.15, -0.1) is 0 Å². The van der Waals surface area contributed by atoms with Gasteiger partial charge < -0.3 is 10.6 Å². The number of rotatable bonds is 3. The van der Waals surface area contributed by atoms with E-state index in [-0.39, 0.29) is 5.56 Å². The minimum atomic E-state index is -0.572. The molecule has 0 unspecified atom stereocenters. The average Bonchev–Trinajstić information content (AvgIpc) is 2.42. The number of amides is 1. The van der Waals surface area contributed by atoms with Gasteiger partial charge in [0, 0.05) is 17.8 Å². The number of aryl methyl sites for hydroxylation is 1. The van der Waals surface area contributed by atoms with E-state index < -0.39 is 11.7 Å². The summed E-state index contributed by atoms with van der Waals surface area (Å²) in [5, 5.41) is 5.96. The van der Waals surface area contributed by atoms with Gasteiger partial charge in [0.25, 0.3) is 5.91 Å². The number of carbonyl (C=O) groups excluding carboxylic acids is 1. The minimum Gasteiger partial charge on any atom is -0.372 e. The van der Waals surface area contributed by atoms with Crippen molar-refractivity contribution in [1.29, 1.82) is 0 Å². The van der Waals surface area contributed by atoms with Crippen LogP contribution in [-0.4, -0.2) is 17.9 Å². The predicted molar refractivity (Wildman–Crippen MR) is 77.9 cm³/mol. The Kier molecular flexibility index (Phi) is 4.20. The first-order chi connectivity index (χ1) is 9.51. The molecule has 20 heavy (non-hydrogen) atoms. The number of anilines is 2. The number of carbonyl (C=O) groups is 1. The van der Waals surface area contributed by atoms with Crippen LogP contribution in [0.15, 0.2) is 30.5 Å². The second kappa shape index (κ2) is 5.88. The van der Waals surface area contributed by atoms with Crippen molar-refractivity contribution in [3.63, 3.8) is 0 Å². The molecular formula is C14H13ClFN3O. The lowest BCUT2D eigenvalue weighted by molar-refractivity contribution is 0.102. The second-order valence-electron chi connectivity index (χ2n) is 4.21. The lowest BCUT2D eigenvalue weighted by Crippen LogP contribution is -2.16. The van der Waals surface area contributed by atoms with Crippen molar-refractivity contribution in [3.8, 4) is 0 Å². The number of halogens is 2. The maximum Gasteiger partial charge on any atom is 0.259 e. The van der Waals surface area contributed by atoms with Gasteiger partial charge in [0.15, 0.2) is 0 Å². The summed E-state index contributed by atoms with van der Waals surface area (Å²) in [4.78, 5) is 16.0. The molecule has 0 saturated heterocycles. The molecule has 1 aromatic heterocycles. The fourth-order valence-electron chi connectivity index (χ4n) is 1.73. The quantitative estimate of drug-likeness (QED) is 0.911. The third-order valence-corrected chi connectivity index (χ3v) is 3.02. The van der Waals surface area contributed by atoms with Crippen LogP contribution in [0.5, 0.6) is 0 Å². The highest BCUT2D eigenvalue weighted by molar-refractivity contribution is 6.31. The van der Waals surface area contributed by atoms with Gasteiger partial charge >= 0.3 is 0 Å². The average molecular weight is 294 g/mol. The number of hydrogen-bond donors (Lipinski definition) is 2. The first kappa shape index (κ1) is 14.3. The molecule has 1 heterocycles. The SMILES string of the molecule is CNc1ncc(F)cc1C(=O)Nc1cc(Cl)ccc1C. The van der Waals surface area contributed by atoms with Gasteiger partial charge in [0.1, 0.15) is 11.6 Å². The Morgan fingerprint density at radius 2 is 2.10 bits per heavy atom. The monoisotopic (exact) mass is 293 g/mol. The first-order valence-electron chi connectivity index (χ1n) is 5.92. The molecule has 104 valence electrons. The van der Waals surface area contributed by atoms with Crippen molar-refractivity contribution >= 4 is 29.0 Å². The van der Waals surface area contributed by atoms with Crippen LogP contribution in [0.1, 0.15) is 15.9 Å². The molecule has 0 fully saturated rings. The van der Waals surface area contributed by atoms with E-state index in [2.05, 4.69) is 15.6 Å². The molecule has 2 N–H and O–H groups in total. The summed E-state index contributed by atoms with van der Waals surface area (Å²) in [5.74, 6) is -0.715.